The fraction of sp³-hybridized carbons (Fsp3) is 0.250. The third-order valence-corrected chi connectivity index (χ3v) is 2.85. The normalized spacial score (nSPS) is 15.5. The number of rotatable bonds is 5. The van der Waals surface area contributed by atoms with Gasteiger partial charge in [-0.2, -0.15) is 8.94 Å². The Kier molecular flexibility index (Phi) is 4.82. The topological polar surface area (TPSA) is 142 Å². The smallest absolute Gasteiger partial charge is 0.302 e. The van der Waals surface area contributed by atoms with Gasteiger partial charge in [-0.3, -0.25) is 4.79 Å². The van der Waals surface area contributed by atoms with Crippen LogP contribution in [-0.4, -0.2) is 20.6 Å². The summed E-state index contributed by atoms with van der Waals surface area (Å²) >= 11 is 0. The van der Waals surface area contributed by atoms with Crippen molar-refractivity contribution < 1.29 is 37.5 Å². The number of phosphoric acid groups is 2. The van der Waals surface area contributed by atoms with Crippen molar-refractivity contribution in [3.63, 3.8) is 0 Å². The molecule has 0 aromatic rings. The van der Waals surface area contributed by atoms with Gasteiger partial charge in [-0.05, 0) is 6.92 Å². The Labute approximate surface area is 84.5 Å². The Hall–Kier alpha value is -0.530. The second-order valence-electron chi connectivity index (χ2n) is 2.34. The van der Waals surface area contributed by atoms with Crippen LogP contribution in [0.1, 0.15) is 6.92 Å². The fourth-order valence-corrected chi connectivity index (χ4v) is 1.74. The molecule has 88 valence electrons. The van der Waals surface area contributed by atoms with Crippen molar-refractivity contribution in [1.29, 1.82) is 0 Å². The van der Waals surface area contributed by atoms with Gasteiger partial charge in [0.25, 0.3) is 5.91 Å². The van der Waals surface area contributed by atoms with Crippen LogP contribution in [0.5, 0.6) is 0 Å². The highest BCUT2D eigenvalue weighted by Gasteiger charge is 2.33. The summed E-state index contributed by atoms with van der Waals surface area (Å²) in [5, 5.41) is 0. The van der Waals surface area contributed by atoms with Crippen molar-refractivity contribution in [1.82, 2.24) is 5.48 Å². The molecule has 0 saturated heterocycles. The van der Waals surface area contributed by atoms with E-state index in [1.165, 1.54) is 12.4 Å². The van der Waals surface area contributed by atoms with Gasteiger partial charge in [-0.15, -0.1) is 0 Å². The fourth-order valence-electron chi connectivity index (χ4n) is 0.337. The molecule has 0 fully saturated rings. The van der Waals surface area contributed by atoms with Crippen LogP contribution in [0.3, 0.4) is 0 Å². The third-order valence-electron chi connectivity index (χ3n) is 0.851. The molecule has 0 spiro atoms. The summed E-state index contributed by atoms with van der Waals surface area (Å²) < 4.78 is 28.0. The summed E-state index contributed by atoms with van der Waals surface area (Å²) in [4.78, 5) is 35.7. The van der Waals surface area contributed by atoms with Crippen molar-refractivity contribution in [3.8, 4) is 0 Å². The number of hydroxylamine groups is 1. The highest BCUT2D eigenvalue weighted by Crippen LogP contribution is 2.56. The summed E-state index contributed by atoms with van der Waals surface area (Å²) in [5.41, 5.74) is 1.39. The van der Waals surface area contributed by atoms with Gasteiger partial charge in [0.1, 0.15) is 0 Å². The second kappa shape index (κ2) is 5.00. The standard InChI is InChI=1S/C4H9NO8P2/c1-3(2)4(6)5-12-15(10,11)13-14(7,8)9/h1H2,2H3,(H,5,6)(H,10,11)(H2,7,8,9). The van der Waals surface area contributed by atoms with Crippen LogP contribution >= 0.6 is 15.6 Å². The van der Waals surface area contributed by atoms with E-state index in [0.29, 0.717) is 0 Å². The lowest BCUT2D eigenvalue weighted by Gasteiger charge is -2.11. The zero-order valence-corrected chi connectivity index (χ0v) is 9.27. The van der Waals surface area contributed by atoms with E-state index in [-0.39, 0.29) is 5.57 Å². The van der Waals surface area contributed by atoms with Crippen LogP contribution in [0.25, 0.3) is 0 Å². The van der Waals surface area contributed by atoms with Crippen molar-refractivity contribution in [2.45, 2.75) is 6.92 Å². The van der Waals surface area contributed by atoms with Crippen molar-refractivity contribution in [2.75, 3.05) is 0 Å². The average molecular weight is 261 g/mol. The maximum atomic E-state index is 10.7. The molecular weight excluding hydrogens is 252 g/mol. The largest absolute Gasteiger partial charge is 0.502 e. The van der Waals surface area contributed by atoms with Crippen LogP contribution in [-0.2, 0) is 22.9 Å². The van der Waals surface area contributed by atoms with E-state index < -0.39 is 21.6 Å². The Morgan fingerprint density at radius 2 is 1.80 bits per heavy atom. The van der Waals surface area contributed by atoms with Crippen LogP contribution in [0.15, 0.2) is 12.2 Å². The maximum absolute atomic E-state index is 10.7. The number of carbonyl (C=O) groups is 1. The van der Waals surface area contributed by atoms with Crippen molar-refractivity contribution >= 4 is 21.6 Å². The van der Waals surface area contributed by atoms with Gasteiger partial charge in [-0.1, -0.05) is 6.58 Å². The Morgan fingerprint density at radius 3 is 2.13 bits per heavy atom. The number of nitrogens with one attached hydrogen (secondary N) is 1. The Bertz CT molecular complexity index is 358. The molecule has 11 heteroatoms. The first-order chi connectivity index (χ1) is 6.53. The van der Waals surface area contributed by atoms with E-state index in [9.17, 15) is 13.9 Å². The molecule has 4 N–H and O–H groups in total. The zero-order chi connectivity index (χ0) is 12.3. The monoisotopic (exact) mass is 261 g/mol. The molecule has 0 saturated carbocycles. The first-order valence-electron chi connectivity index (χ1n) is 3.27. The molecule has 0 heterocycles. The molecule has 9 nitrogen and oxygen atoms in total. The van der Waals surface area contributed by atoms with Gasteiger partial charge in [0, 0.05) is 5.57 Å². The SMILES string of the molecule is C=C(C)C(=O)NOP(=O)(O)OP(=O)(O)O. The molecule has 0 aromatic heterocycles. The first kappa shape index (κ1) is 14.5. The predicted octanol–water partition coefficient (Wildman–Crippen LogP) is -0.180. The Morgan fingerprint density at radius 1 is 1.33 bits per heavy atom. The van der Waals surface area contributed by atoms with Gasteiger partial charge in [0.15, 0.2) is 0 Å². The third kappa shape index (κ3) is 7.40. The summed E-state index contributed by atoms with van der Waals surface area (Å²) in [6.45, 7) is 4.46. The highest BCUT2D eigenvalue weighted by atomic mass is 31.3. The molecule has 15 heavy (non-hydrogen) atoms. The van der Waals surface area contributed by atoms with Gasteiger partial charge >= 0.3 is 15.6 Å². The summed E-state index contributed by atoms with van der Waals surface area (Å²) in [6, 6.07) is 0. The van der Waals surface area contributed by atoms with E-state index in [4.69, 9.17) is 14.7 Å². The van der Waals surface area contributed by atoms with Crippen molar-refractivity contribution in [3.05, 3.63) is 12.2 Å². The highest BCUT2D eigenvalue weighted by molar-refractivity contribution is 7.60. The summed E-state index contributed by atoms with van der Waals surface area (Å²) in [7, 11) is -10.2. The molecular formula is C4H9NO8P2. The van der Waals surface area contributed by atoms with Crippen molar-refractivity contribution in [2.24, 2.45) is 0 Å². The van der Waals surface area contributed by atoms with E-state index in [1.807, 2.05) is 0 Å². The molecule has 0 aromatic carbocycles. The van der Waals surface area contributed by atoms with Gasteiger partial charge < -0.3 is 14.7 Å². The Balaban J connectivity index is 4.29. The number of hydrogen-bond acceptors (Lipinski definition) is 5. The van der Waals surface area contributed by atoms with E-state index in [1.54, 1.807) is 0 Å². The lowest BCUT2D eigenvalue weighted by molar-refractivity contribution is -0.124. The molecule has 0 aliphatic rings. The van der Waals surface area contributed by atoms with Crippen LogP contribution < -0.4 is 5.48 Å². The minimum atomic E-state index is -5.18. The average Bonchev–Trinajstić information content (AvgIpc) is 1.95. The number of hydrogen-bond donors (Lipinski definition) is 4. The first-order valence-corrected chi connectivity index (χ1v) is 6.30. The lowest BCUT2D eigenvalue weighted by Crippen LogP contribution is -2.23. The molecule has 0 aliphatic heterocycles. The van der Waals surface area contributed by atoms with Crippen LogP contribution in [0, 0.1) is 0 Å². The number of amides is 1. The molecule has 1 amide bonds. The minimum Gasteiger partial charge on any atom is -0.302 e. The zero-order valence-electron chi connectivity index (χ0n) is 7.48. The van der Waals surface area contributed by atoms with E-state index >= 15 is 0 Å². The summed E-state index contributed by atoms with van der Waals surface area (Å²) in [6.07, 6.45) is 0. The van der Waals surface area contributed by atoms with Gasteiger partial charge in [0.05, 0.1) is 0 Å². The predicted molar refractivity (Wildman–Crippen MR) is 47.0 cm³/mol. The lowest BCUT2D eigenvalue weighted by atomic mass is 10.3. The molecule has 0 aliphatic carbocycles. The minimum absolute atomic E-state index is 0.0359. The van der Waals surface area contributed by atoms with Crippen LogP contribution in [0.4, 0.5) is 0 Å². The van der Waals surface area contributed by atoms with Crippen LogP contribution in [0.2, 0.25) is 0 Å². The summed E-state index contributed by atoms with van der Waals surface area (Å²) in [5.74, 6) is -0.932. The quantitative estimate of drug-likeness (QED) is 0.303. The molecule has 1 unspecified atom stereocenters. The second-order valence-corrected chi connectivity index (χ2v) is 5.10. The van der Waals surface area contributed by atoms with E-state index in [2.05, 4.69) is 15.5 Å². The molecule has 1 atom stereocenters. The molecule has 0 rings (SSSR count). The maximum Gasteiger partial charge on any atom is 0.502 e. The van der Waals surface area contributed by atoms with Gasteiger partial charge in [-0.25, -0.2) is 14.6 Å². The molecule has 0 bridgehead atoms. The number of carbonyl (C=O) groups excluding carboxylic acids is 1. The van der Waals surface area contributed by atoms with E-state index in [0.717, 1.165) is 0 Å². The molecule has 0 radical (unpaired) electrons. The van der Waals surface area contributed by atoms with Gasteiger partial charge in [0.2, 0.25) is 0 Å².